The van der Waals surface area contributed by atoms with Gasteiger partial charge in [0.05, 0.1) is 19.3 Å². The smallest absolute Gasteiger partial charge is 0.238 e. The van der Waals surface area contributed by atoms with E-state index in [1.807, 2.05) is 0 Å². The molecule has 2 aromatic rings. The van der Waals surface area contributed by atoms with Crippen LogP contribution in [0.25, 0.3) is 0 Å². The van der Waals surface area contributed by atoms with Crippen molar-refractivity contribution < 1.29 is 14.3 Å². The predicted molar refractivity (Wildman–Crippen MR) is 120 cm³/mol. The standard InChI is InChI=1S/C23H30N4O3/c1-16-6-5-7-21(17(16)2)27-12-10-26(11-13-27)15-23(29)25-20-14-19(24-18(3)28)8-9-22(20)30-4/h5-9,14H,10-13,15H2,1-4H3,(H,24,28)(H,25,29). The lowest BCUT2D eigenvalue weighted by Crippen LogP contribution is -2.48. The van der Waals surface area contributed by atoms with Gasteiger partial charge in [0, 0.05) is 44.5 Å². The van der Waals surface area contributed by atoms with Crippen LogP contribution in [0, 0.1) is 13.8 Å². The van der Waals surface area contributed by atoms with Crippen molar-refractivity contribution in [3.63, 3.8) is 0 Å². The molecule has 160 valence electrons. The molecule has 2 aromatic carbocycles. The number of hydrogen-bond donors (Lipinski definition) is 2. The number of carbonyl (C=O) groups is 2. The van der Waals surface area contributed by atoms with Crippen LogP contribution >= 0.6 is 0 Å². The second-order valence-electron chi connectivity index (χ2n) is 7.63. The third-order valence-electron chi connectivity index (χ3n) is 5.45. The molecule has 1 heterocycles. The van der Waals surface area contributed by atoms with E-state index >= 15 is 0 Å². The number of methoxy groups -OCH3 is 1. The summed E-state index contributed by atoms with van der Waals surface area (Å²) in [6.07, 6.45) is 0. The Labute approximate surface area is 178 Å². The third kappa shape index (κ3) is 5.30. The largest absolute Gasteiger partial charge is 0.495 e. The van der Waals surface area contributed by atoms with E-state index in [4.69, 9.17) is 4.74 Å². The second kappa shape index (κ2) is 9.63. The maximum Gasteiger partial charge on any atom is 0.238 e. The normalized spacial score (nSPS) is 14.3. The Morgan fingerprint density at radius 1 is 1.03 bits per heavy atom. The first-order chi connectivity index (χ1) is 14.4. The summed E-state index contributed by atoms with van der Waals surface area (Å²) in [4.78, 5) is 28.5. The molecular weight excluding hydrogens is 380 g/mol. The van der Waals surface area contributed by atoms with Crippen LogP contribution in [0.5, 0.6) is 5.75 Å². The minimum atomic E-state index is -0.167. The van der Waals surface area contributed by atoms with E-state index in [0.717, 1.165) is 26.2 Å². The number of carbonyl (C=O) groups excluding carboxylic acids is 2. The zero-order valence-electron chi connectivity index (χ0n) is 18.1. The van der Waals surface area contributed by atoms with Crippen LogP contribution in [0.3, 0.4) is 0 Å². The number of hydrogen-bond acceptors (Lipinski definition) is 5. The van der Waals surface area contributed by atoms with Crippen LogP contribution in [0.15, 0.2) is 36.4 Å². The van der Waals surface area contributed by atoms with Crippen molar-refractivity contribution in [3.05, 3.63) is 47.5 Å². The SMILES string of the molecule is COc1ccc(NC(C)=O)cc1NC(=O)CN1CCN(c2cccc(C)c2C)CC1. The fourth-order valence-electron chi connectivity index (χ4n) is 3.70. The molecule has 7 nitrogen and oxygen atoms in total. The first-order valence-electron chi connectivity index (χ1n) is 10.2. The lowest BCUT2D eigenvalue weighted by Gasteiger charge is -2.36. The molecule has 1 aliphatic heterocycles. The molecule has 2 N–H and O–H groups in total. The molecule has 0 unspecified atom stereocenters. The summed E-state index contributed by atoms with van der Waals surface area (Å²) in [6, 6.07) is 11.6. The number of nitrogens with zero attached hydrogens (tertiary/aromatic N) is 2. The van der Waals surface area contributed by atoms with Gasteiger partial charge in [-0.05, 0) is 49.2 Å². The molecule has 0 radical (unpaired) electrons. The molecular formula is C23H30N4O3. The molecule has 7 heteroatoms. The van der Waals surface area contributed by atoms with Crippen molar-refractivity contribution >= 4 is 28.9 Å². The quantitative estimate of drug-likeness (QED) is 0.766. The average molecular weight is 411 g/mol. The lowest BCUT2D eigenvalue weighted by molar-refractivity contribution is -0.117. The zero-order chi connectivity index (χ0) is 21.7. The van der Waals surface area contributed by atoms with Crippen molar-refractivity contribution in [1.29, 1.82) is 0 Å². The van der Waals surface area contributed by atoms with Crippen molar-refractivity contribution in [3.8, 4) is 5.75 Å². The van der Waals surface area contributed by atoms with Gasteiger partial charge in [-0.1, -0.05) is 12.1 Å². The topological polar surface area (TPSA) is 73.9 Å². The number of piperazine rings is 1. The molecule has 1 aliphatic rings. The van der Waals surface area contributed by atoms with Gasteiger partial charge in [0.1, 0.15) is 5.75 Å². The Hall–Kier alpha value is -3.06. The highest BCUT2D eigenvalue weighted by Crippen LogP contribution is 2.28. The molecule has 30 heavy (non-hydrogen) atoms. The number of benzene rings is 2. The summed E-state index contributed by atoms with van der Waals surface area (Å²) in [5.41, 5.74) is 5.04. The van der Waals surface area contributed by atoms with Crippen LogP contribution in [0.1, 0.15) is 18.1 Å². The second-order valence-corrected chi connectivity index (χ2v) is 7.63. The molecule has 0 atom stereocenters. The number of rotatable bonds is 6. The molecule has 2 amide bonds. The Bertz CT molecular complexity index is 921. The van der Waals surface area contributed by atoms with Gasteiger partial charge in [-0.25, -0.2) is 0 Å². The van der Waals surface area contributed by atoms with Crippen molar-refractivity contribution in [2.45, 2.75) is 20.8 Å². The van der Waals surface area contributed by atoms with Gasteiger partial charge >= 0.3 is 0 Å². The Balaban J connectivity index is 1.57. The van der Waals surface area contributed by atoms with Crippen LogP contribution in [-0.2, 0) is 9.59 Å². The van der Waals surface area contributed by atoms with Gasteiger partial charge in [0.25, 0.3) is 0 Å². The van der Waals surface area contributed by atoms with E-state index in [-0.39, 0.29) is 11.8 Å². The van der Waals surface area contributed by atoms with E-state index in [1.54, 1.807) is 25.3 Å². The molecule has 1 fully saturated rings. The van der Waals surface area contributed by atoms with Crippen molar-refractivity contribution in [2.75, 3.05) is 55.4 Å². The highest BCUT2D eigenvalue weighted by molar-refractivity contribution is 5.95. The predicted octanol–water partition coefficient (Wildman–Crippen LogP) is 3.03. The molecule has 3 rings (SSSR count). The molecule has 1 saturated heterocycles. The van der Waals surface area contributed by atoms with Crippen LogP contribution < -0.4 is 20.3 Å². The van der Waals surface area contributed by atoms with Gasteiger partial charge in [-0.15, -0.1) is 0 Å². The fraction of sp³-hybridized carbons (Fsp3) is 0.391. The van der Waals surface area contributed by atoms with Crippen LogP contribution in [-0.4, -0.2) is 56.5 Å². The van der Waals surface area contributed by atoms with Crippen LogP contribution in [0.2, 0.25) is 0 Å². The van der Waals surface area contributed by atoms with Gasteiger partial charge < -0.3 is 20.3 Å². The minimum Gasteiger partial charge on any atom is -0.495 e. The zero-order valence-corrected chi connectivity index (χ0v) is 18.1. The fourth-order valence-corrected chi connectivity index (χ4v) is 3.70. The highest BCUT2D eigenvalue weighted by atomic mass is 16.5. The lowest BCUT2D eigenvalue weighted by atomic mass is 10.1. The molecule has 0 saturated carbocycles. The number of amides is 2. The average Bonchev–Trinajstić information content (AvgIpc) is 2.70. The van der Waals surface area contributed by atoms with E-state index < -0.39 is 0 Å². The third-order valence-corrected chi connectivity index (χ3v) is 5.45. The Morgan fingerprint density at radius 2 is 1.77 bits per heavy atom. The minimum absolute atomic E-state index is 0.103. The summed E-state index contributed by atoms with van der Waals surface area (Å²) in [6.45, 7) is 9.47. The molecule has 0 spiro atoms. The molecule has 0 aromatic heterocycles. The summed E-state index contributed by atoms with van der Waals surface area (Å²) in [5.74, 6) is 0.282. The Kier molecular flexibility index (Phi) is 6.95. The monoisotopic (exact) mass is 410 g/mol. The van der Waals surface area contributed by atoms with Crippen LogP contribution in [0.4, 0.5) is 17.1 Å². The number of nitrogens with one attached hydrogen (secondary N) is 2. The first kappa shape index (κ1) is 21.6. The number of anilines is 3. The molecule has 0 bridgehead atoms. The van der Waals surface area contributed by atoms with Crippen molar-refractivity contribution in [2.24, 2.45) is 0 Å². The van der Waals surface area contributed by atoms with Gasteiger partial charge in [-0.3, -0.25) is 14.5 Å². The van der Waals surface area contributed by atoms with Gasteiger partial charge in [-0.2, -0.15) is 0 Å². The van der Waals surface area contributed by atoms with Gasteiger partial charge in [0.15, 0.2) is 0 Å². The number of ether oxygens (including phenoxy) is 1. The Morgan fingerprint density at radius 3 is 2.43 bits per heavy atom. The number of aryl methyl sites for hydroxylation is 1. The maximum absolute atomic E-state index is 12.6. The van der Waals surface area contributed by atoms with Gasteiger partial charge in [0.2, 0.25) is 11.8 Å². The van der Waals surface area contributed by atoms with Crippen molar-refractivity contribution in [1.82, 2.24) is 4.90 Å². The molecule has 0 aliphatic carbocycles. The van der Waals surface area contributed by atoms with E-state index in [9.17, 15) is 9.59 Å². The highest BCUT2D eigenvalue weighted by Gasteiger charge is 2.21. The summed E-state index contributed by atoms with van der Waals surface area (Å²) < 4.78 is 5.33. The maximum atomic E-state index is 12.6. The summed E-state index contributed by atoms with van der Waals surface area (Å²) in [7, 11) is 1.55. The van der Waals surface area contributed by atoms with E-state index in [1.165, 1.54) is 23.7 Å². The van der Waals surface area contributed by atoms with E-state index in [0.29, 0.717) is 23.7 Å². The summed E-state index contributed by atoms with van der Waals surface area (Å²) in [5, 5.41) is 5.63. The first-order valence-corrected chi connectivity index (χ1v) is 10.2. The summed E-state index contributed by atoms with van der Waals surface area (Å²) >= 11 is 0. The van der Waals surface area contributed by atoms with E-state index in [2.05, 4.69) is 52.5 Å².